The van der Waals surface area contributed by atoms with Gasteiger partial charge >= 0.3 is 0 Å². The lowest BCUT2D eigenvalue weighted by Crippen LogP contribution is -2.41. The number of anilines is 1. The fraction of sp³-hybridized carbons (Fsp3) is 0.370. The van der Waals surface area contributed by atoms with Crippen LogP contribution < -0.4 is 5.32 Å². The summed E-state index contributed by atoms with van der Waals surface area (Å²) in [4.78, 5) is 16.9. The summed E-state index contributed by atoms with van der Waals surface area (Å²) < 4.78 is 0. The van der Waals surface area contributed by atoms with Crippen LogP contribution in [0.4, 0.5) is 5.69 Å². The molecule has 2 N–H and O–H groups in total. The van der Waals surface area contributed by atoms with Crippen LogP contribution in [0, 0.1) is 0 Å². The largest absolute Gasteiger partial charge is 0.508 e. The highest BCUT2D eigenvalue weighted by Crippen LogP contribution is 2.35. The van der Waals surface area contributed by atoms with Crippen LogP contribution in [0.15, 0.2) is 65.4 Å². The molecule has 2 aromatic carbocycles. The first-order valence-electron chi connectivity index (χ1n) is 11.8. The Morgan fingerprint density at radius 1 is 1.15 bits per heavy atom. The summed E-state index contributed by atoms with van der Waals surface area (Å²) in [6, 6.07) is 18.3. The van der Waals surface area contributed by atoms with E-state index in [0.29, 0.717) is 11.8 Å². The van der Waals surface area contributed by atoms with E-state index in [1.807, 2.05) is 55.1 Å². The number of benzene rings is 2. The van der Waals surface area contributed by atoms with Crippen LogP contribution in [0.2, 0.25) is 0 Å². The molecule has 1 saturated heterocycles. The van der Waals surface area contributed by atoms with Crippen molar-refractivity contribution >= 4 is 22.9 Å². The van der Waals surface area contributed by atoms with E-state index in [9.17, 15) is 9.90 Å². The molecule has 0 radical (unpaired) electrons. The SMILES string of the molecule is CCN(CC)C(=O)c1ccc(NC2CCN(Cc3ccsc3)C(c3cccc(O)c3)C2)cc1. The minimum Gasteiger partial charge on any atom is -0.508 e. The summed E-state index contributed by atoms with van der Waals surface area (Å²) in [5.74, 6) is 0.392. The molecule has 3 aromatic rings. The summed E-state index contributed by atoms with van der Waals surface area (Å²) in [6.07, 6.45) is 1.99. The number of carbonyl (C=O) groups is 1. The molecule has 1 amide bonds. The lowest BCUT2D eigenvalue weighted by Gasteiger charge is -2.40. The van der Waals surface area contributed by atoms with Gasteiger partial charge in [0.2, 0.25) is 0 Å². The van der Waals surface area contributed by atoms with Gasteiger partial charge in [-0.3, -0.25) is 9.69 Å². The molecule has 1 aliphatic rings. The third-order valence-electron chi connectivity index (χ3n) is 6.49. The second-order valence-electron chi connectivity index (χ2n) is 8.63. The lowest BCUT2D eigenvalue weighted by molar-refractivity contribution is 0.0773. The van der Waals surface area contributed by atoms with Crippen LogP contribution in [0.1, 0.15) is 54.2 Å². The third-order valence-corrected chi connectivity index (χ3v) is 7.22. The molecule has 5 nitrogen and oxygen atoms in total. The zero-order chi connectivity index (χ0) is 23.2. The fourth-order valence-corrected chi connectivity index (χ4v) is 5.33. The number of phenols is 1. The van der Waals surface area contributed by atoms with Crippen molar-refractivity contribution in [3.05, 3.63) is 82.0 Å². The molecule has 6 heteroatoms. The number of nitrogens with one attached hydrogen (secondary N) is 1. The monoisotopic (exact) mass is 463 g/mol. The molecule has 1 fully saturated rings. The molecule has 2 heterocycles. The number of carbonyl (C=O) groups excluding carboxylic acids is 1. The maximum Gasteiger partial charge on any atom is 0.253 e. The molecular weight excluding hydrogens is 430 g/mol. The number of aromatic hydroxyl groups is 1. The average Bonchev–Trinajstić information content (AvgIpc) is 3.34. The van der Waals surface area contributed by atoms with Gasteiger partial charge in [-0.2, -0.15) is 11.3 Å². The molecule has 0 saturated carbocycles. The van der Waals surface area contributed by atoms with Crippen molar-refractivity contribution in [3.63, 3.8) is 0 Å². The van der Waals surface area contributed by atoms with Crippen molar-refractivity contribution in [1.29, 1.82) is 0 Å². The zero-order valence-corrected chi connectivity index (χ0v) is 20.2. The van der Waals surface area contributed by atoms with Gasteiger partial charge in [0.15, 0.2) is 0 Å². The van der Waals surface area contributed by atoms with Gasteiger partial charge in [0.1, 0.15) is 5.75 Å². The maximum atomic E-state index is 12.6. The molecule has 0 bridgehead atoms. The quantitative estimate of drug-likeness (QED) is 0.446. The molecule has 2 atom stereocenters. The Morgan fingerprint density at radius 2 is 1.94 bits per heavy atom. The lowest BCUT2D eigenvalue weighted by atomic mass is 9.91. The molecule has 2 unspecified atom stereocenters. The standard InChI is InChI=1S/C27H33N3O2S/c1-3-29(4-2)27(32)21-8-10-23(11-9-21)28-24-12-14-30(18-20-13-15-33-19-20)26(17-24)22-6-5-7-25(31)16-22/h5-11,13,15-16,19,24,26,28,31H,3-4,12,14,17-18H2,1-2H3. The van der Waals surface area contributed by atoms with E-state index in [1.165, 1.54) is 5.56 Å². The van der Waals surface area contributed by atoms with E-state index < -0.39 is 0 Å². The first-order valence-corrected chi connectivity index (χ1v) is 12.7. The second-order valence-corrected chi connectivity index (χ2v) is 9.41. The van der Waals surface area contributed by atoms with Gasteiger partial charge < -0.3 is 15.3 Å². The molecule has 174 valence electrons. The number of hydrogen-bond acceptors (Lipinski definition) is 5. The molecule has 1 aliphatic heterocycles. The van der Waals surface area contributed by atoms with Gasteiger partial charge in [-0.1, -0.05) is 12.1 Å². The third kappa shape index (κ3) is 5.75. The number of likely N-dealkylation sites (tertiary alicyclic amines) is 1. The van der Waals surface area contributed by atoms with Crippen molar-refractivity contribution in [3.8, 4) is 5.75 Å². The van der Waals surface area contributed by atoms with E-state index in [2.05, 4.69) is 33.1 Å². The van der Waals surface area contributed by atoms with Gasteiger partial charge in [-0.25, -0.2) is 0 Å². The summed E-state index contributed by atoms with van der Waals surface area (Å²) in [5.41, 5.74) is 4.26. The number of piperidine rings is 1. The molecule has 0 aliphatic carbocycles. The smallest absolute Gasteiger partial charge is 0.253 e. The van der Waals surface area contributed by atoms with E-state index >= 15 is 0 Å². The van der Waals surface area contributed by atoms with Crippen LogP contribution in [0.5, 0.6) is 5.75 Å². The van der Waals surface area contributed by atoms with Crippen LogP contribution in [0.25, 0.3) is 0 Å². The molecule has 1 aromatic heterocycles. The van der Waals surface area contributed by atoms with E-state index in [4.69, 9.17) is 0 Å². The Labute approximate surface area is 200 Å². The Kier molecular flexibility index (Phi) is 7.68. The average molecular weight is 464 g/mol. The summed E-state index contributed by atoms with van der Waals surface area (Å²) in [6.45, 7) is 7.34. The first-order chi connectivity index (χ1) is 16.1. The summed E-state index contributed by atoms with van der Waals surface area (Å²) >= 11 is 1.73. The predicted octanol–water partition coefficient (Wildman–Crippen LogP) is 5.75. The van der Waals surface area contributed by atoms with Crippen LogP contribution in [-0.2, 0) is 6.54 Å². The van der Waals surface area contributed by atoms with Crippen molar-refractivity contribution in [2.75, 3.05) is 25.0 Å². The molecule has 33 heavy (non-hydrogen) atoms. The Hall–Kier alpha value is -2.83. The highest BCUT2D eigenvalue weighted by molar-refractivity contribution is 7.07. The van der Waals surface area contributed by atoms with Crippen LogP contribution in [-0.4, -0.2) is 46.5 Å². The van der Waals surface area contributed by atoms with Crippen molar-refractivity contribution in [1.82, 2.24) is 9.80 Å². The number of phenolic OH excluding ortho intramolecular Hbond substituents is 1. The minimum absolute atomic E-state index is 0.0808. The Bertz CT molecular complexity index is 1030. The molecule has 0 spiro atoms. The molecule has 4 rings (SSSR count). The fourth-order valence-electron chi connectivity index (χ4n) is 4.67. The zero-order valence-electron chi connectivity index (χ0n) is 19.4. The number of rotatable bonds is 8. The number of amides is 1. The van der Waals surface area contributed by atoms with Gasteiger partial charge in [-0.05, 0) is 91.0 Å². The number of thiophene rings is 1. The summed E-state index contributed by atoms with van der Waals surface area (Å²) in [5, 5.41) is 18.1. The topological polar surface area (TPSA) is 55.8 Å². The Balaban J connectivity index is 1.46. The normalized spacial score (nSPS) is 18.7. The van der Waals surface area contributed by atoms with Crippen molar-refractivity contribution in [2.24, 2.45) is 0 Å². The van der Waals surface area contributed by atoms with E-state index in [0.717, 1.165) is 55.8 Å². The first kappa shape index (κ1) is 23.3. The number of nitrogens with zero attached hydrogens (tertiary/aromatic N) is 2. The summed E-state index contributed by atoms with van der Waals surface area (Å²) in [7, 11) is 0. The van der Waals surface area contributed by atoms with Crippen molar-refractivity contribution < 1.29 is 9.90 Å². The van der Waals surface area contributed by atoms with E-state index in [1.54, 1.807) is 17.4 Å². The Morgan fingerprint density at radius 3 is 2.61 bits per heavy atom. The highest BCUT2D eigenvalue weighted by Gasteiger charge is 2.30. The van der Waals surface area contributed by atoms with Crippen LogP contribution in [0.3, 0.4) is 0 Å². The van der Waals surface area contributed by atoms with E-state index in [-0.39, 0.29) is 11.9 Å². The van der Waals surface area contributed by atoms with Gasteiger partial charge in [0.25, 0.3) is 5.91 Å². The highest BCUT2D eigenvalue weighted by atomic mass is 32.1. The van der Waals surface area contributed by atoms with Gasteiger partial charge in [-0.15, -0.1) is 0 Å². The van der Waals surface area contributed by atoms with Gasteiger partial charge in [0, 0.05) is 49.5 Å². The minimum atomic E-state index is 0.0808. The second kappa shape index (κ2) is 10.9. The molecular formula is C27H33N3O2S. The number of hydrogen-bond donors (Lipinski definition) is 2. The van der Waals surface area contributed by atoms with Crippen LogP contribution >= 0.6 is 11.3 Å². The van der Waals surface area contributed by atoms with Gasteiger partial charge in [0.05, 0.1) is 0 Å². The predicted molar refractivity (Wildman–Crippen MR) is 136 cm³/mol. The van der Waals surface area contributed by atoms with Crippen molar-refractivity contribution in [2.45, 2.75) is 45.3 Å². The maximum absolute atomic E-state index is 12.6.